The number of nitrogens with one attached hydrogen (secondary N) is 1. The van der Waals surface area contributed by atoms with Crippen molar-refractivity contribution in [1.82, 2.24) is 10.2 Å². The van der Waals surface area contributed by atoms with Gasteiger partial charge in [0.05, 0.1) is 6.61 Å². The molecule has 0 saturated heterocycles. The third-order valence-corrected chi connectivity index (χ3v) is 3.92. The van der Waals surface area contributed by atoms with Crippen LogP contribution in [0.25, 0.3) is 0 Å². The molecular formula is C17H29ClN2O. The molecule has 1 aromatic rings. The molecule has 0 aromatic heterocycles. The summed E-state index contributed by atoms with van der Waals surface area (Å²) in [7, 11) is 1.76. The van der Waals surface area contributed by atoms with Crippen LogP contribution in [0.2, 0.25) is 5.02 Å². The van der Waals surface area contributed by atoms with Gasteiger partial charge in [-0.2, -0.15) is 0 Å². The molecule has 120 valence electrons. The van der Waals surface area contributed by atoms with E-state index in [4.69, 9.17) is 16.3 Å². The van der Waals surface area contributed by atoms with Crippen molar-refractivity contribution in [3.8, 4) is 0 Å². The number of hydrogen-bond acceptors (Lipinski definition) is 3. The second-order valence-electron chi connectivity index (χ2n) is 5.28. The van der Waals surface area contributed by atoms with Crippen LogP contribution >= 0.6 is 11.6 Å². The number of benzene rings is 1. The molecule has 1 atom stereocenters. The van der Waals surface area contributed by atoms with Gasteiger partial charge in [-0.25, -0.2) is 0 Å². The summed E-state index contributed by atoms with van der Waals surface area (Å²) in [5, 5.41) is 4.44. The lowest BCUT2D eigenvalue weighted by molar-refractivity contribution is 0.148. The van der Waals surface area contributed by atoms with Crippen LogP contribution in [0.5, 0.6) is 0 Å². The Morgan fingerprint density at radius 1 is 1.29 bits per heavy atom. The van der Waals surface area contributed by atoms with Crippen molar-refractivity contribution in [1.29, 1.82) is 0 Å². The molecular weight excluding hydrogens is 284 g/mol. The first kappa shape index (κ1) is 18.4. The highest BCUT2D eigenvalue weighted by Gasteiger charge is 2.13. The molecule has 0 spiro atoms. The second kappa shape index (κ2) is 11.0. The van der Waals surface area contributed by atoms with Crippen molar-refractivity contribution in [2.75, 3.05) is 39.9 Å². The van der Waals surface area contributed by atoms with E-state index in [1.54, 1.807) is 7.11 Å². The summed E-state index contributed by atoms with van der Waals surface area (Å²) in [6.07, 6.45) is 2.22. The highest BCUT2D eigenvalue weighted by Crippen LogP contribution is 2.21. The zero-order chi connectivity index (χ0) is 15.5. The topological polar surface area (TPSA) is 24.5 Å². The van der Waals surface area contributed by atoms with E-state index in [0.29, 0.717) is 6.04 Å². The molecule has 0 saturated carbocycles. The fourth-order valence-corrected chi connectivity index (χ4v) is 2.59. The van der Waals surface area contributed by atoms with Crippen molar-refractivity contribution >= 4 is 11.6 Å². The Balaban J connectivity index is 2.60. The average Bonchev–Trinajstić information content (AvgIpc) is 2.50. The van der Waals surface area contributed by atoms with Crippen molar-refractivity contribution in [3.63, 3.8) is 0 Å². The van der Waals surface area contributed by atoms with Crippen LogP contribution in [0.4, 0.5) is 0 Å². The summed E-state index contributed by atoms with van der Waals surface area (Å²) in [6, 6.07) is 8.55. The van der Waals surface area contributed by atoms with E-state index in [1.807, 2.05) is 12.1 Å². The first-order valence-corrected chi connectivity index (χ1v) is 8.29. The molecule has 0 heterocycles. The van der Waals surface area contributed by atoms with Crippen LogP contribution in [-0.4, -0.2) is 44.8 Å². The zero-order valence-corrected chi connectivity index (χ0v) is 14.3. The van der Waals surface area contributed by atoms with E-state index in [2.05, 4.69) is 36.2 Å². The maximum atomic E-state index is 6.13. The van der Waals surface area contributed by atoms with Gasteiger partial charge in [0.1, 0.15) is 0 Å². The summed E-state index contributed by atoms with van der Waals surface area (Å²) in [5.74, 6) is 0. The van der Waals surface area contributed by atoms with Gasteiger partial charge in [0.25, 0.3) is 0 Å². The molecule has 0 fully saturated rings. The van der Waals surface area contributed by atoms with Crippen LogP contribution in [0.3, 0.4) is 0 Å². The van der Waals surface area contributed by atoms with E-state index >= 15 is 0 Å². The van der Waals surface area contributed by atoms with Crippen molar-refractivity contribution in [2.45, 2.75) is 32.7 Å². The molecule has 21 heavy (non-hydrogen) atoms. The SMILES string of the molecule is CCCNC(CCN(CC)CCOC)c1cccc(Cl)c1. The van der Waals surface area contributed by atoms with Gasteiger partial charge in [-0.15, -0.1) is 0 Å². The summed E-state index contributed by atoms with van der Waals surface area (Å²) in [6.45, 7) is 9.32. The van der Waals surface area contributed by atoms with E-state index < -0.39 is 0 Å². The number of ether oxygens (including phenoxy) is 1. The Morgan fingerprint density at radius 2 is 2.10 bits per heavy atom. The number of likely N-dealkylation sites (N-methyl/N-ethyl adjacent to an activating group) is 1. The summed E-state index contributed by atoms with van der Waals surface area (Å²) in [4.78, 5) is 2.43. The molecule has 0 aliphatic heterocycles. The number of hydrogen-bond donors (Lipinski definition) is 1. The van der Waals surface area contributed by atoms with Crippen LogP contribution in [-0.2, 0) is 4.74 Å². The van der Waals surface area contributed by atoms with Gasteiger partial charge in [0, 0.05) is 31.3 Å². The maximum Gasteiger partial charge on any atom is 0.0589 e. The summed E-state index contributed by atoms with van der Waals surface area (Å²) in [5.41, 5.74) is 1.28. The van der Waals surface area contributed by atoms with Gasteiger partial charge < -0.3 is 15.0 Å². The van der Waals surface area contributed by atoms with Crippen molar-refractivity contribution in [3.05, 3.63) is 34.9 Å². The summed E-state index contributed by atoms with van der Waals surface area (Å²) >= 11 is 6.13. The number of methoxy groups -OCH3 is 1. The molecule has 0 bridgehead atoms. The molecule has 1 N–H and O–H groups in total. The maximum absolute atomic E-state index is 6.13. The third-order valence-electron chi connectivity index (χ3n) is 3.68. The van der Waals surface area contributed by atoms with E-state index in [1.165, 1.54) is 5.56 Å². The highest BCUT2D eigenvalue weighted by molar-refractivity contribution is 6.30. The van der Waals surface area contributed by atoms with Gasteiger partial charge in [-0.05, 0) is 43.6 Å². The molecule has 3 nitrogen and oxygen atoms in total. The number of halogens is 1. The Hall–Kier alpha value is -0.610. The first-order chi connectivity index (χ1) is 10.2. The first-order valence-electron chi connectivity index (χ1n) is 7.91. The molecule has 1 aromatic carbocycles. The lowest BCUT2D eigenvalue weighted by Crippen LogP contribution is -2.32. The quantitative estimate of drug-likeness (QED) is 0.673. The molecule has 0 aliphatic rings. The van der Waals surface area contributed by atoms with Gasteiger partial charge in [-0.3, -0.25) is 0 Å². The fourth-order valence-electron chi connectivity index (χ4n) is 2.39. The predicted molar refractivity (Wildman–Crippen MR) is 91.1 cm³/mol. The molecule has 1 unspecified atom stereocenters. The zero-order valence-electron chi connectivity index (χ0n) is 13.6. The smallest absolute Gasteiger partial charge is 0.0589 e. The Morgan fingerprint density at radius 3 is 2.71 bits per heavy atom. The predicted octanol–water partition coefficient (Wildman–Crippen LogP) is 3.74. The second-order valence-corrected chi connectivity index (χ2v) is 5.71. The highest BCUT2D eigenvalue weighted by atomic mass is 35.5. The lowest BCUT2D eigenvalue weighted by atomic mass is 10.0. The van der Waals surface area contributed by atoms with Gasteiger partial charge in [-0.1, -0.05) is 37.6 Å². The van der Waals surface area contributed by atoms with E-state index in [9.17, 15) is 0 Å². The molecule has 0 aliphatic carbocycles. The number of rotatable bonds is 11. The lowest BCUT2D eigenvalue weighted by Gasteiger charge is -2.25. The molecule has 1 rings (SSSR count). The van der Waals surface area contributed by atoms with Crippen molar-refractivity contribution < 1.29 is 4.74 Å². The van der Waals surface area contributed by atoms with Gasteiger partial charge in [0.2, 0.25) is 0 Å². The van der Waals surface area contributed by atoms with Crippen LogP contribution < -0.4 is 5.32 Å². The van der Waals surface area contributed by atoms with Crippen molar-refractivity contribution in [2.24, 2.45) is 0 Å². The Labute approximate surface area is 134 Å². The minimum absolute atomic E-state index is 0.361. The van der Waals surface area contributed by atoms with Crippen LogP contribution in [0.1, 0.15) is 38.3 Å². The number of nitrogens with zero attached hydrogens (tertiary/aromatic N) is 1. The van der Waals surface area contributed by atoms with Crippen LogP contribution in [0, 0.1) is 0 Å². The van der Waals surface area contributed by atoms with Crippen LogP contribution in [0.15, 0.2) is 24.3 Å². The third kappa shape index (κ3) is 7.28. The Bertz CT molecular complexity index is 387. The summed E-state index contributed by atoms with van der Waals surface area (Å²) < 4.78 is 5.17. The fraction of sp³-hybridized carbons (Fsp3) is 0.647. The average molecular weight is 313 g/mol. The standard InChI is InChI=1S/C17H29ClN2O/c1-4-10-19-17(15-7-6-8-16(18)14-15)9-11-20(5-2)12-13-21-3/h6-8,14,17,19H,4-5,9-13H2,1-3H3. The monoisotopic (exact) mass is 312 g/mol. The largest absolute Gasteiger partial charge is 0.383 e. The normalized spacial score (nSPS) is 12.8. The molecule has 0 radical (unpaired) electrons. The van der Waals surface area contributed by atoms with Gasteiger partial charge in [0.15, 0.2) is 0 Å². The van der Waals surface area contributed by atoms with E-state index in [0.717, 1.165) is 50.7 Å². The minimum Gasteiger partial charge on any atom is -0.383 e. The molecule has 4 heteroatoms. The molecule has 0 amide bonds. The minimum atomic E-state index is 0.361. The Kier molecular flexibility index (Phi) is 9.68. The van der Waals surface area contributed by atoms with E-state index in [-0.39, 0.29) is 0 Å². The van der Waals surface area contributed by atoms with Gasteiger partial charge >= 0.3 is 0 Å².